The number of carboxylic acid groups (broad SMARTS) is 1. The summed E-state index contributed by atoms with van der Waals surface area (Å²) in [5.41, 5.74) is 4.75. The lowest BCUT2D eigenvalue weighted by molar-refractivity contribution is -0.122. The van der Waals surface area contributed by atoms with E-state index < -0.39 is 0 Å². The molecule has 0 aliphatic carbocycles. The van der Waals surface area contributed by atoms with E-state index in [1.165, 1.54) is 5.56 Å². The molecular formula is C15H14N2O3. The summed E-state index contributed by atoms with van der Waals surface area (Å²) in [6.45, 7) is 3.74. The monoisotopic (exact) mass is 270 g/mol. The van der Waals surface area contributed by atoms with Gasteiger partial charge in [0, 0.05) is 11.9 Å². The molecule has 0 aliphatic rings. The van der Waals surface area contributed by atoms with Crippen LogP contribution in [-0.2, 0) is 4.79 Å². The maximum atomic E-state index is 8.36. The highest BCUT2D eigenvalue weighted by Crippen LogP contribution is 2.26. The molecule has 0 atom stereocenters. The van der Waals surface area contributed by atoms with E-state index in [-0.39, 0.29) is 6.47 Å². The molecule has 5 heteroatoms. The summed E-state index contributed by atoms with van der Waals surface area (Å²) < 4.78 is 5.76. The van der Waals surface area contributed by atoms with E-state index in [1.807, 2.05) is 44.2 Å². The van der Waals surface area contributed by atoms with Crippen LogP contribution >= 0.6 is 0 Å². The zero-order chi connectivity index (χ0) is 14.5. The van der Waals surface area contributed by atoms with Crippen molar-refractivity contribution >= 4 is 17.6 Å². The zero-order valence-electron chi connectivity index (χ0n) is 11.2. The van der Waals surface area contributed by atoms with E-state index in [4.69, 9.17) is 14.3 Å². The van der Waals surface area contributed by atoms with Gasteiger partial charge < -0.3 is 9.52 Å². The molecule has 0 unspecified atom stereocenters. The largest absolute Gasteiger partial charge is 0.483 e. The van der Waals surface area contributed by atoms with Gasteiger partial charge >= 0.3 is 0 Å². The van der Waals surface area contributed by atoms with Gasteiger partial charge in [-0.3, -0.25) is 9.78 Å². The number of benzene rings is 1. The molecule has 0 spiro atoms. The molecule has 0 aliphatic heterocycles. The summed E-state index contributed by atoms with van der Waals surface area (Å²) in [4.78, 5) is 17.1. The third-order valence-electron chi connectivity index (χ3n) is 2.78. The Balaban J connectivity index is 0.000000452. The Kier molecular flexibility index (Phi) is 4.10. The average molecular weight is 270 g/mol. The van der Waals surface area contributed by atoms with Crippen molar-refractivity contribution in [2.75, 3.05) is 0 Å². The van der Waals surface area contributed by atoms with Crippen molar-refractivity contribution in [1.29, 1.82) is 0 Å². The van der Waals surface area contributed by atoms with E-state index >= 15 is 0 Å². The zero-order valence-corrected chi connectivity index (χ0v) is 11.2. The van der Waals surface area contributed by atoms with Gasteiger partial charge in [0.05, 0.1) is 5.56 Å². The lowest BCUT2D eigenvalue weighted by Crippen LogP contribution is -1.85. The van der Waals surface area contributed by atoms with E-state index in [2.05, 4.69) is 9.97 Å². The van der Waals surface area contributed by atoms with Gasteiger partial charge in [0.25, 0.3) is 6.47 Å². The topological polar surface area (TPSA) is 76.2 Å². The standard InChI is InChI=1S/C14H12N2O.CH2O2/c1-9-5-6-12-13(8-9)17-14(16-12)11-4-3-7-15-10(11)2;2-1-3/h3-8H,1-2H3;1H,(H,2,3). The molecule has 1 aromatic carbocycles. The lowest BCUT2D eigenvalue weighted by atomic mass is 10.2. The first kappa shape index (κ1) is 13.7. The quantitative estimate of drug-likeness (QED) is 0.687. The maximum absolute atomic E-state index is 8.36. The fourth-order valence-electron chi connectivity index (χ4n) is 1.86. The van der Waals surface area contributed by atoms with Crippen LogP contribution in [0, 0.1) is 13.8 Å². The molecule has 5 nitrogen and oxygen atoms in total. The third-order valence-corrected chi connectivity index (χ3v) is 2.78. The summed E-state index contributed by atoms with van der Waals surface area (Å²) in [5.74, 6) is 0.635. The first-order chi connectivity index (χ1) is 9.65. The molecule has 0 amide bonds. The molecule has 0 radical (unpaired) electrons. The van der Waals surface area contributed by atoms with Crippen molar-refractivity contribution in [2.24, 2.45) is 0 Å². The predicted octanol–water partition coefficient (Wildman–Crippen LogP) is 3.21. The minimum absolute atomic E-state index is 0.250. The molecule has 2 heterocycles. The minimum atomic E-state index is -0.250. The Morgan fingerprint density at radius 1 is 1.25 bits per heavy atom. The highest BCUT2D eigenvalue weighted by molar-refractivity contribution is 5.77. The van der Waals surface area contributed by atoms with E-state index in [1.54, 1.807) is 6.20 Å². The summed E-state index contributed by atoms with van der Waals surface area (Å²) in [6, 6.07) is 9.87. The molecule has 20 heavy (non-hydrogen) atoms. The van der Waals surface area contributed by atoms with Crippen molar-refractivity contribution in [3.63, 3.8) is 0 Å². The highest BCUT2D eigenvalue weighted by Gasteiger charge is 2.10. The fourth-order valence-corrected chi connectivity index (χ4v) is 1.86. The van der Waals surface area contributed by atoms with Gasteiger partial charge in [0.1, 0.15) is 5.52 Å². The van der Waals surface area contributed by atoms with Crippen LogP contribution in [0.15, 0.2) is 40.9 Å². The Morgan fingerprint density at radius 3 is 2.70 bits per heavy atom. The van der Waals surface area contributed by atoms with Crippen LogP contribution in [0.25, 0.3) is 22.6 Å². The van der Waals surface area contributed by atoms with Crippen molar-refractivity contribution in [1.82, 2.24) is 9.97 Å². The summed E-state index contributed by atoms with van der Waals surface area (Å²) in [5, 5.41) is 6.89. The molecule has 0 fully saturated rings. The molecule has 0 saturated heterocycles. The summed E-state index contributed by atoms with van der Waals surface area (Å²) in [6.07, 6.45) is 1.77. The summed E-state index contributed by atoms with van der Waals surface area (Å²) >= 11 is 0. The van der Waals surface area contributed by atoms with Gasteiger partial charge in [0.2, 0.25) is 5.89 Å². The number of hydrogen-bond acceptors (Lipinski definition) is 4. The lowest BCUT2D eigenvalue weighted by Gasteiger charge is -1.97. The number of pyridine rings is 1. The molecular weight excluding hydrogens is 256 g/mol. The van der Waals surface area contributed by atoms with Crippen LogP contribution in [0.4, 0.5) is 0 Å². The third kappa shape index (κ3) is 2.83. The molecule has 0 saturated carbocycles. The smallest absolute Gasteiger partial charge is 0.290 e. The Morgan fingerprint density at radius 2 is 2.00 bits per heavy atom. The number of rotatable bonds is 1. The van der Waals surface area contributed by atoms with Crippen molar-refractivity contribution in [3.8, 4) is 11.5 Å². The Bertz CT molecular complexity index is 735. The first-order valence-electron chi connectivity index (χ1n) is 6.02. The van der Waals surface area contributed by atoms with Crippen LogP contribution in [0.2, 0.25) is 0 Å². The van der Waals surface area contributed by atoms with Gasteiger partial charge in [-0.1, -0.05) is 6.07 Å². The maximum Gasteiger partial charge on any atom is 0.290 e. The summed E-state index contributed by atoms with van der Waals surface area (Å²) in [7, 11) is 0. The number of hydrogen-bond donors (Lipinski definition) is 1. The van der Waals surface area contributed by atoms with E-state index in [9.17, 15) is 0 Å². The van der Waals surface area contributed by atoms with Crippen LogP contribution in [0.5, 0.6) is 0 Å². The second-order valence-corrected chi connectivity index (χ2v) is 4.23. The molecule has 102 valence electrons. The number of oxazole rings is 1. The second-order valence-electron chi connectivity index (χ2n) is 4.23. The van der Waals surface area contributed by atoms with Crippen LogP contribution in [-0.4, -0.2) is 21.5 Å². The molecule has 3 rings (SSSR count). The SMILES string of the molecule is Cc1ccc2nc(-c3cccnc3C)oc2c1.O=CO. The number of aromatic nitrogens is 2. The van der Waals surface area contributed by atoms with Gasteiger partial charge in [-0.05, 0) is 43.7 Å². The van der Waals surface area contributed by atoms with Crippen molar-refractivity contribution in [2.45, 2.75) is 13.8 Å². The molecule has 1 N–H and O–H groups in total. The van der Waals surface area contributed by atoms with Gasteiger partial charge in [-0.2, -0.15) is 0 Å². The highest BCUT2D eigenvalue weighted by atomic mass is 16.3. The fraction of sp³-hybridized carbons (Fsp3) is 0.133. The minimum Gasteiger partial charge on any atom is -0.483 e. The van der Waals surface area contributed by atoms with Crippen LogP contribution in [0.3, 0.4) is 0 Å². The van der Waals surface area contributed by atoms with Crippen LogP contribution < -0.4 is 0 Å². The van der Waals surface area contributed by atoms with Crippen LogP contribution in [0.1, 0.15) is 11.3 Å². The predicted molar refractivity (Wildman–Crippen MR) is 75.4 cm³/mol. The van der Waals surface area contributed by atoms with E-state index in [0.29, 0.717) is 5.89 Å². The molecule has 2 aromatic heterocycles. The van der Waals surface area contributed by atoms with Crippen molar-refractivity contribution < 1.29 is 14.3 Å². The number of nitrogens with zero attached hydrogens (tertiary/aromatic N) is 2. The van der Waals surface area contributed by atoms with Crippen molar-refractivity contribution in [3.05, 3.63) is 47.8 Å². The second kappa shape index (κ2) is 5.97. The first-order valence-corrected chi connectivity index (χ1v) is 6.02. The van der Waals surface area contributed by atoms with E-state index in [0.717, 1.165) is 22.4 Å². The molecule has 0 bridgehead atoms. The van der Waals surface area contributed by atoms with Gasteiger partial charge in [-0.15, -0.1) is 0 Å². The number of fused-ring (bicyclic) bond motifs is 1. The number of carbonyl (C=O) groups is 1. The molecule has 3 aromatic rings. The Hall–Kier alpha value is -2.69. The average Bonchev–Trinajstić information content (AvgIpc) is 2.82. The normalized spacial score (nSPS) is 9.90. The Labute approximate surface area is 115 Å². The van der Waals surface area contributed by atoms with Gasteiger partial charge in [0.15, 0.2) is 5.58 Å². The number of aryl methyl sites for hydroxylation is 2. The van der Waals surface area contributed by atoms with Gasteiger partial charge in [-0.25, -0.2) is 4.98 Å².